The maximum absolute atomic E-state index is 11.5. The van der Waals surface area contributed by atoms with Gasteiger partial charge in [0.15, 0.2) is 17.7 Å². The third kappa shape index (κ3) is 1.63. The van der Waals surface area contributed by atoms with Crippen LogP contribution in [-0.4, -0.2) is 30.4 Å². The van der Waals surface area contributed by atoms with E-state index in [0.717, 1.165) is 5.57 Å². The van der Waals surface area contributed by atoms with E-state index in [2.05, 4.69) is 9.47 Å². The fourth-order valence-electron chi connectivity index (χ4n) is 1.81. The van der Waals surface area contributed by atoms with Gasteiger partial charge >= 0.3 is 0 Å². The highest BCUT2D eigenvalue weighted by Crippen LogP contribution is 2.36. The molecule has 0 saturated carbocycles. The Labute approximate surface area is 84.9 Å². The fraction of sp³-hybridized carbons (Fsp3) is 0.667. The monoisotopic (exact) mass is 216 g/mol. The lowest BCUT2D eigenvalue weighted by Gasteiger charge is -2.17. The smallest absolute Gasteiger partial charge is 0.187 e. The van der Waals surface area contributed by atoms with Crippen molar-refractivity contribution in [1.82, 2.24) is 0 Å². The predicted octanol–water partition coefficient (Wildman–Crippen LogP) is 0.822. The Balaban J connectivity index is 2.18. The highest BCUT2D eigenvalue weighted by molar-refractivity contribution is 7.09. The van der Waals surface area contributed by atoms with Crippen LogP contribution in [0.1, 0.15) is 13.8 Å². The molecule has 78 valence electrons. The standard InChI is InChI=1S/C9H13O4P/c1-9(2)12-7-5(4-11-14)3-6(10)8(7)13-9/h3,7-8H,4,14H2,1-2H3/t7-,8?/m1/s1. The average molecular weight is 216 g/mol. The molecule has 0 aromatic carbocycles. The molecule has 0 aromatic heterocycles. The first-order chi connectivity index (χ1) is 6.53. The van der Waals surface area contributed by atoms with Gasteiger partial charge in [0.25, 0.3) is 0 Å². The van der Waals surface area contributed by atoms with Crippen molar-refractivity contribution in [3.63, 3.8) is 0 Å². The molecule has 2 rings (SSSR count). The molecule has 14 heavy (non-hydrogen) atoms. The van der Waals surface area contributed by atoms with Crippen molar-refractivity contribution in [2.24, 2.45) is 0 Å². The zero-order valence-electron chi connectivity index (χ0n) is 8.15. The van der Waals surface area contributed by atoms with Crippen LogP contribution in [0.3, 0.4) is 0 Å². The topological polar surface area (TPSA) is 44.8 Å². The molecule has 1 saturated heterocycles. The molecular weight excluding hydrogens is 203 g/mol. The SMILES string of the molecule is CC1(C)OC2C(=O)C=C(COP)[C@H]2O1. The van der Waals surface area contributed by atoms with Gasteiger partial charge in [0, 0.05) is 9.47 Å². The van der Waals surface area contributed by atoms with Gasteiger partial charge in [-0.25, -0.2) is 0 Å². The summed E-state index contributed by atoms with van der Waals surface area (Å²) in [5.74, 6) is -0.705. The second kappa shape index (κ2) is 3.38. The molecule has 0 amide bonds. The number of carbonyl (C=O) groups excluding carboxylic acids is 1. The largest absolute Gasteiger partial charge is 0.361 e. The lowest BCUT2D eigenvalue weighted by Crippen LogP contribution is -2.25. The van der Waals surface area contributed by atoms with E-state index in [-0.39, 0.29) is 11.9 Å². The van der Waals surface area contributed by atoms with E-state index in [9.17, 15) is 4.79 Å². The Morgan fingerprint density at radius 2 is 2.14 bits per heavy atom. The summed E-state index contributed by atoms with van der Waals surface area (Å²) in [6, 6.07) is 0. The Hall–Kier alpha value is -0.280. The first-order valence-electron chi connectivity index (χ1n) is 4.45. The lowest BCUT2D eigenvalue weighted by molar-refractivity contribution is -0.153. The molecule has 1 aliphatic heterocycles. The molecule has 4 nitrogen and oxygen atoms in total. The lowest BCUT2D eigenvalue weighted by atomic mass is 10.2. The van der Waals surface area contributed by atoms with Crippen LogP contribution in [0, 0.1) is 0 Å². The van der Waals surface area contributed by atoms with Crippen LogP contribution in [0.2, 0.25) is 0 Å². The first kappa shape index (κ1) is 10.2. The minimum atomic E-state index is -0.675. The van der Waals surface area contributed by atoms with E-state index in [0.29, 0.717) is 6.61 Å². The minimum absolute atomic E-state index is 0.0300. The second-order valence-electron chi connectivity index (χ2n) is 3.91. The zero-order valence-corrected chi connectivity index (χ0v) is 9.30. The van der Waals surface area contributed by atoms with E-state index in [1.165, 1.54) is 0 Å². The predicted molar refractivity (Wildman–Crippen MR) is 52.6 cm³/mol. The maximum Gasteiger partial charge on any atom is 0.187 e. The summed E-state index contributed by atoms with van der Waals surface area (Å²) in [7, 11) is 2.16. The number of rotatable bonds is 2. The van der Waals surface area contributed by atoms with Gasteiger partial charge in [-0.05, 0) is 25.5 Å². The van der Waals surface area contributed by atoms with Gasteiger partial charge in [0.05, 0.1) is 6.61 Å². The molecule has 2 unspecified atom stereocenters. The molecule has 1 aliphatic carbocycles. The van der Waals surface area contributed by atoms with Crippen molar-refractivity contribution in [1.29, 1.82) is 0 Å². The number of ketones is 1. The van der Waals surface area contributed by atoms with E-state index < -0.39 is 11.9 Å². The first-order valence-corrected chi connectivity index (χ1v) is 4.92. The number of fused-ring (bicyclic) bond motifs is 1. The van der Waals surface area contributed by atoms with Crippen molar-refractivity contribution in [2.75, 3.05) is 6.61 Å². The van der Waals surface area contributed by atoms with Crippen molar-refractivity contribution < 1.29 is 18.8 Å². The van der Waals surface area contributed by atoms with Gasteiger partial charge < -0.3 is 14.0 Å². The molecule has 1 fully saturated rings. The molecule has 0 aromatic rings. The van der Waals surface area contributed by atoms with Crippen LogP contribution in [-0.2, 0) is 18.8 Å². The van der Waals surface area contributed by atoms with Crippen LogP contribution in [0.5, 0.6) is 0 Å². The van der Waals surface area contributed by atoms with Crippen molar-refractivity contribution in [2.45, 2.75) is 31.8 Å². The molecule has 0 spiro atoms. The van der Waals surface area contributed by atoms with Gasteiger partial charge in [-0.15, -0.1) is 0 Å². The molecular formula is C9H13O4P. The second-order valence-corrected chi connectivity index (χ2v) is 4.24. The molecule has 1 heterocycles. The molecule has 5 heteroatoms. The third-order valence-electron chi connectivity index (χ3n) is 2.32. The fourth-order valence-corrected chi connectivity index (χ4v) is 2.00. The summed E-state index contributed by atoms with van der Waals surface area (Å²) in [4.78, 5) is 11.5. The van der Waals surface area contributed by atoms with Gasteiger partial charge in [-0.2, -0.15) is 0 Å². The Morgan fingerprint density at radius 3 is 2.79 bits per heavy atom. The highest BCUT2D eigenvalue weighted by Gasteiger charge is 2.49. The zero-order chi connectivity index (χ0) is 10.3. The quantitative estimate of drug-likeness (QED) is 0.641. The molecule has 0 N–H and O–H groups in total. The molecule has 2 aliphatic rings. The van der Waals surface area contributed by atoms with Crippen LogP contribution in [0.15, 0.2) is 11.6 Å². The summed E-state index contributed by atoms with van der Waals surface area (Å²) in [5.41, 5.74) is 0.848. The van der Waals surface area contributed by atoms with Crippen LogP contribution in [0.25, 0.3) is 0 Å². The average Bonchev–Trinajstić information content (AvgIpc) is 2.51. The van der Waals surface area contributed by atoms with Gasteiger partial charge in [0.1, 0.15) is 6.10 Å². The van der Waals surface area contributed by atoms with Crippen LogP contribution >= 0.6 is 9.47 Å². The Kier molecular flexibility index (Phi) is 2.48. The Bertz CT molecular complexity index is 297. The summed E-state index contributed by atoms with van der Waals surface area (Å²) in [5, 5.41) is 0. The molecule has 3 atom stereocenters. The number of ether oxygens (including phenoxy) is 2. The van der Waals surface area contributed by atoms with Gasteiger partial charge in [0.2, 0.25) is 0 Å². The molecule has 0 radical (unpaired) electrons. The van der Waals surface area contributed by atoms with Crippen molar-refractivity contribution in [3.8, 4) is 0 Å². The highest BCUT2D eigenvalue weighted by atomic mass is 31.0. The van der Waals surface area contributed by atoms with Gasteiger partial charge in [-0.1, -0.05) is 0 Å². The Morgan fingerprint density at radius 1 is 1.50 bits per heavy atom. The van der Waals surface area contributed by atoms with E-state index >= 15 is 0 Å². The maximum atomic E-state index is 11.5. The summed E-state index contributed by atoms with van der Waals surface area (Å²) in [6.45, 7) is 3.99. The number of hydrogen-bond acceptors (Lipinski definition) is 4. The van der Waals surface area contributed by atoms with E-state index in [1.807, 2.05) is 0 Å². The van der Waals surface area contributed by atoms with E-state index in [1.54, 1.807) is 19.9 Å². The van der Waals surface area contributed by atoms with Crippen molar-refractivity contribution >= 4 is 15.2 Å². The summed E-state index contributed by atoms with van der Waals surface area (Å²) < 4.78 is 16.0. The number of hydrogen-bond donors (Lipinski definition) is 0. The van der Waals surface area contributed by atoms with E-state index in [4.69, 9.17) is 14.0 Å². The summed E-state index contributed by atoms with van der Waals surface area (Å²) in [6.07, 6.45) is 0.812. The normalized spacial score (nSPS) is 34.5. The van der Waals surface area contributed by atoms with Crippen LogP contribution in [0.4, 0.5) is 0 Å². The number of carbonyl (C=O) groups is 1. The van der Waals surface area contributed by atoms with Crippen molar-refractivity contribution in [3.05, 3.63) is 11.6 Å². The minimum Gasteiger partial charge on any atom is -0.361 e. The third-order valence-corrected chi connectivity index (χ3v) is 2.49. The summed E-state index contributed by atoms with van der Waals surface area (Å²) >= 11 is 0. The molecule has 0 bridgehead atoms. The van der Waals surface area contributed by atoms with Crippen LogP contribution < -0.4 is 0 Å². The van der Waals surface area contributed by atoms with Gasteiger partial charge in [-0.3, -0.25) is 4.79 Å².